The van der Waals surface area contributed by atoms with Gasteiger partial charge in [0.15, 0.2) is 0 Å². The average molecular weight is 284 g/mol. The molecule has 3 nitrogen and oxygen atoms in total. The first kappa shape index (κ1) is 15.4. The van der Waals surface area contributed by atoms with E-state index in [0.717, 1.165) is 30.2 Å². The average Bonchev–Trinajstić information content (AvgIpc) is 2.53. The third-order valence-electron chi connectivity index (χ3n) is 3.73. The fraction of sp³-hybridized carbons (Fsp3) is 0.333. The second-order valence-electron chi connectivity index (χ2n) is 5.12. The summed E-state index contributed by atoms with van der Waals surface area (Å²) in [6, 6.07) is 14.6. The summed E-state index contributed by atoms with van der Waals surface area (Å²) in [6.07, 6.45) is 0. The molecule has 2 aromatic carbocycles. The van der Waals surface area contributed by atoms with E-state index in [0.29, 0.717) is 0 Å². The number of nitrogens with one attached hydrogen (secondary N) is 1. The van der Waals surface area contributed by atoms with Gasteiger partial charge in [-0.3, -0.25) is 0 Å². The standard InChI is InChI=1S/C18H24N2O/c1-5-19-13-15-10-11-16(12-14(15)2)20(3)17-8-6-7-9-18(17)21-4/h6-12,19H,5,13H2,1-4H3. The summed E-state index contributed by atoms with van der Waals surface area (Å²) in [5, 5.41) is 3.37. The Balaban J connectivity index is 2.27. The largest absolute Gasteiger partial charge is 0.495 e. The van der Waals surface area contributed by atoms with Crippen molar-refractivity contribution in [3.05, 3.63) is 53.6 Å². The van der Waals surface area contributed by atoms with Gasteiger partial charge in [0.2, 0.25) is 0 Å². The summed E-state index contributed by atoms with van der Waals surface area (Å²) in [6.45, 7) is 6.19. The van der Waals surface area contributed by atoms with Gasteiger partial charge in [-0.2, -0.15) is 0 Å². The Hall–Kier alpha value is -2.00. The molecule has 3 heteroatoms. The molecule has 0 saturated heterocycles. The van der Waals surface area contributed by atoms with Gasteiger partial charge in [0.25, 0.3) is 0 Å². The molecule has 0 amide bonds. The summed E-state index contributed by atoms with van der Waals surface area (Å²) in [7, 11) is 3.77. The molecule has 0 aliphatic heterocycles. The molecule has 0 aromatic heterocycles. The Morgan fingerprint density at radius 1 is 1.14 bits per heavy atom. The lowest BCUT2D eigenvalue weighted by molar-refractivity contribution is 0.415. The maximum atomic E-state index is 5.44. The van der Waals surface area contributed by atoms with Crippen LogP contribution >= 0.6 is 0 Å². The highest BCUT2D eigenvalue weighted by Crippen LogP contribution is 2.32. The van der Waals surface area contributed by atoms with Gasteiger partial charge in [0, 0.05) is 19.3 Å². The van der Waals surface area contributed by atoms with Crippen LogP contribution in [0.1, 0.15) is 18.1 Å². The molecular weight excluding hydrogens is 260 g/mol. The molecule has 0 unspecified atom stereocenters. The van der Waals surface area contributed by atoms with E-state index in [1.54, 1.807) is 7.11 Å². The molecule has 0 spiro atoms. The van der Waals surface area contributed by atoms with Crippen molar-refractivity contribution in [3.8, 4) is 5.75 Å². The van der Waals surface area contributed by atoms with E-state index >= 15 is 0 Å². The number of anilines is 2. The van der Waals surface area contributed by atoms with E-state index in [4.69, 9.17) is 4.74 Å². The molecule has 0 atom stereocenters. The molecule has 0 aliphatic rings. The molecule has 0 radical (unpaired) electrons. The third kappa shape index (κ3) is 3.56. The van der Waals surface area contributed by atoms with Crippen LogP contribution in [0.15, 0.2) is 42.5 Å². The minimum atomic E-state index is 0.884. The van der Waals surface area contributed by atoms with Gasteiger partial charge in [-0.1, -0.05) is 25.1 Å². The summed E-state index contributed by atoms with van der Waals surface area (Å²) in [4.78, 5) is 2.16. The third-order valence-corrected chi connectivity index (χ3v) is 3.73. The predicted molar refractivity (Wildman–Crippen MR) is 89.6 cm³/mol. The Bertz CT molecular complexity index is 596. The molecule has 0 fully saturated rings. The van der Waals surface area contributed by atoms with E-state index in [1.807, 2.05) is 18.2 Å². The molecule has 2 rings (SSSR count). The zero-order valence-electron chi connectivity index (χ0n) is 13.3. The number of hydrogen-bond donors (Lipinski definition) is 1. The van der Waals surface area contributed by atoms with Crippen LogP contribution in [-0.2, 0) is 6.54 Å². The Morgan fingerprint density at radius 3 is 2.57 bits per heavy atom. The Labute approximate surface area is 127 Å². The van der Waals surface area contributed by atoms with Gasteiger partial charge in [-0.05, 0) is 48.9 Å². The lowest BCUT2D eigenvalue weighted by Gasteiger charge is -2.23. The van der Waals surface area contributed by atoms with Gasteiger partial charge in [0.1, 0.15) is 5.75 Å². The number of nitrogens with zero attached hydrogens (tertiary/aromatic N) is 1. The minimum Gasteiger partial charge on any atom is -0.495 e. The molecule has 21 heavy (non-hydrogen) atoms. The smallest absolute Gasteiger partial charge is 0.142 e. The lowest BCUT2D eigenvalue weighted by atomic mass is 10.1. The first-order valence-electron chi connectivity index (χ1n) is 7.34. The number of ether oxygens (including phenoxy) is 1. The highest BCUT2D eigenvalue weighted by Gasteiger charge is 2.10. The fourth-order valence-electron chi connectivity index (χ4n) is 2.39. The van der Waals surface area contributed by atoms with E-state index in [-0.39, 0.29) is 0 Å². The summed E-state index contributed by atoms with van der Waals surface area (Å²) >= 11 is 0. The SMILES string of the molecule is CCNCc1ccc(N(C)c2ccccc2OC)cc1C. The molecule has 0 bridgehead atoms. The Kier molecular flexibility index (Phi) is 5.23. The van der Waals surface area contributed by atoms with E-state index < -0.39 is 0 Å². The van der Waals surface area contributed by atoms with Gasteiger partial charge in [0.05, 0.1) is 12.8 Å². The first-order chi connectivity index (χ1) is 10.2. The van der Waals surface area contributed by atoms with E-state index in [9.17, 15) is 0 Å². The van der Waals surface area contributed by atoms with Crippen molar-refractivity contribution < 1.29 is 4.74 Å². The quantitative estimate of drug-likeness (QED) is 0.871. The number of hydrogen-bond acceptors (Lipinski definition) is 3. The zero-order valence-corrected chi connectivity index (χ0v) is 13.3. The first-order valence-corrected chi connectivity index (χ1v) is 7.34. The fourth-order valence-corrected chi connectivity index (χ4v) is 2.39. The van der Waals surface area contributed by atoms with Gasteiger partial charge in [-0.15, -0.1) is 0 Å². The normalized spacial score (nSPS) is 10.5. The van der Waals surface area contributed by atoms with Crippen molar-refractivity contribution in [1.82, 2.24) is 5.32 Å². The summed E-state index contributed by atoms with van der Waals surface area (Å²) < 4.78 is 5.44. The van der Waals surface area contributed by atoms with Crippen LogP contribution in [0.4, 0.5) is 11.4 Å². The minimum absolute atomic E-state index is 0.884. The lowest BCUT2D eigenvalue weighted by Crippen LogP contribution is -2.14. The number of benzene rings is 2. The number of rotatable bonds is 6. The summed E-state index contributed by atoms with van der Waals surface area (Å²) in [5.41, 5.74) is 4.88. The van der Waals surface area contributed by atoms with Crippen molar-refractivity contribution in [2.75, 3.05) is 25.6 Å². The van der Waals surface area contributed by atoms with Gasteiger partial charge >= 0.3 is 0 Å². The molecule has 0 heterocycles. The predicted octanol–water partition coefficient (Wildman–Crippen LogP) is 3.88. The van der Waals surface area contributed by atoms with E-state index in [1.165, 1.54) is 11.1 Å². The Morgan fingerprint density at radius 2 is 1.90 bits per heavy atom. The van der Waals surface area contributed by atoms with Crippen molar-refractivity contribution in [1.29, 1.82) is 0 Å². The molecule has 112 valence electrons. The molecule has 1 N–H and O–H groups in total. The van der Waals surface area contributed by atoms with Crippen LogP contribution in [0.2, 0.25) is 0 Å². The van der Waals surface area contributed by atoms with Crippen LogP contribution in [0.5, 0.6) is 5.75 Å². The highest BCUT2D eigenvalue weighted by molar-refractivity contribution is 5.69. The number of aryl methyl sites for hydroxylation is 1. The van der Waals surface area contributed by atoms with E-state index in [2.05, 4.69) is 55.4 Å². The number of methoxy groups -OCH3 is 1. The van der Waals surface area contributed by atoms with Crippen molar-refractivity contribution in [3.63, 3.8) is 0 Å². The van der Waals surface area contributed by atoms with Crippen LogP contribution < -0.4 is 15.0 Å². The monoisotopic (exact) mass is 284 g/mol. The van der Waals surface area contributed by atoms with Crippen molar-refractivity contribution in [2.45, 2.75) is 20.4 Å². The van der Waals surface area contributed by atoms with Gasteiger partial charge < -0.3 is 15.0 Å². The second kappa shape index (κ2) is 7.14. The van der Waals surface area contributed by atoms with Crippen LogP contribution in [-0.4, -0.2) is 20.7 Å². The van der Waals surface area contributed by atoms with Crippen LogP contribution in [0, 0.1) is 6.92 Å². The maximum Gasteiger partial charge on any atom is 0.142 e. The second-order valence-corrected chi connectivity index (χ2v) is 5.12. The van der Waals surface area contributed by atoms with Gasteiger partial charge in [-0.25, -0.2) is 0 Å². The zero-order chi connectivity index (χ0) is 15.2. The van der Waals surface area contributed by atoms with Crippen molar-refractivity contribution in [2.24, 2.45) is 0 Å². The molecule has 0 aliphatic carbocycles. The molecular formula is C18H24N2O. The van der Waals surface area contributed by atoms with Crippen LogP contribution in [0.3, 0.4) is 0 Å². The topological polar surface area (TPSA) is 24.5 Å². The van der Waals surface area contributed by atoms with Crippen molar-refractivity contribution >= 4 is 11.4 Å². The maximum absolute atomic E-state index is 5.44. The summed E-state index contributed by atoms with van der Waals surface area (Å²) in [5.74, 6) is 0.884. The molecule has 2 aromatic rings. The van der Waals surface area contributed by atoms with Crippen LogP contribution in [0.25, 0.3) is 0 Å². The molecule has 0 saturated carbocycles. The highest BCUT2D eigenvalue weighted by atomic mass is 16.5. The number of para-hydroxylation sites is 2.